The molecule has 0 fully saturated rings. The molecule has 2 aromatic heterocycles. The molecule has 0 atom stereocenters. The van der Waals surface area contributed by atoms with Gasteiger partial charge in [0.05, 0.1) is 4.90 Å². The van der Waals surface area contributed by atoms with Gasteiger partial charge in [-0.1, -0.05) is 36.7 Å². The number of rotatable bonds is 3. The topological polar surface area (TPSA) is 52.0 Å². The van der Waals surface area contributed by atoms with Gasteiger partial charge in [0.2, 0.25) is 0 Å². The number of nitrogens with zero attached hydrogens (tertiary/aromatic N) is 2. The average molecular weight is 321 g/mol. The van der Waals surface area contributed by atoms with E-state index in [0.29, 0.717) is 17.8 Å². The van der Waals surface area contributed by atoms with Crippen molar-refractivity contribution in [3.63, 3.8) is 0 Å². The van der Waals surface area contributed by atoms with Gasteiger partial charge in [-0.3, -0.25) is 0 Å². The van der Waals surface area contributed by atoms with Gasteiger partial charge in [0.15, 0.2) is 5.65 Å². The molecular weight excluding hydrogens is 308 g/mol. The molecule has 0 spiro atoms. The van der Waals surface area contributed by atoms with E-state index in [2.05, 4.69) is 4.98 Å². The lowest BCUT2D eigenvalue weighted by Gasteiger charge is -2.10. The molecule has 2 heterocycles. The summed E-state index contributed by atoms with van der Waals surface area (Å²) in [4.78, 5) is 4.42. The Morgan fingerprint density at radius 2 is 1.86 bits per heavy atom. The van der Waals surface area contributed by atoms with E-state index >= 15 is 0 Å². The van der Waals surface area contributed by atoms with Crippen molar-refractivity contribution in [2.45, 2.75) is 18.2 Å². The first kappa shape index (κ1) is 14.1. The van der Waals surface area contributed by atoms with Gasteiger partial charge in [0, 0.05) is 11.1 Å². The zero-order chi connectivity index (χ0) is 15.0. The number of fused-ring (bicyclic) bond motifs is 1. The lowest BCUT2D eigenvalue weighted by molar-refractivity contribution is 0.587. The quantitative estimate of drug-likeness (QED) is 0.694. The second-order valence-corrected chi connectivity index (χ2v) is 6.79. The Kier molecular flexibility index (Phi) is 3.47. The highest BCUT2D eigenvalue weighted by Crippen LogP contribution is 2.26. The zero-order valence-corrected chi connectivity index (χ0v) is 12.9. The minimum Gasteiger partial charge on any atom is -0.221 e. The molecule has 0 amide bonds. The van der Waals surface area contributed by atoms with E-state index < -0.39 is 10.0 Å². The normalized spacial score (nSPS) is 11.9. The van der Waals surface area contributed by atoms with E-state index in [1.165, 1.54) is 3.97 Å². The van der Waals surface area contributed by atoms with Crippen LogP contribution in [0.4, 0.5) is 0 Å². The Bertz CT molecular complexity index is 902. The van der Waals surface area contributed by atoms with Crippen molar-refractivity contribution in [3.05, 3.63) is 59.4 Å². The van der Waals surface area contributed by atoms with Gasteiger partial charge in [0.1, 0.15) is 5.15 Å². The van der Waals surface area contributed by atoms with Crippen LogP contribution in [0.5, 0.6) is 0 Å². The standard InChI is InChI=1S/C15H13ClN2O2S/c1-2-12-10-11-8-9-14(16)17-15(11)18(12)21(19,20)13-6-4-3-5-7-13/h3-10H,2H2,1H3. The van der Waals surface area contributed by atoms with Crippen LogP contribution in [0.2, 0.25) is 5.15 Å². The van der Waals surface area contributed by atoms with Crippen molar-refractivity contribution in [2.75, 3.05) is 0 Å². The number of hydrogen-bond donors (Lipinski definition) is 0. The van der Waals surface area contributed by atoms with Gasteiger partial charge >= 0.3 is 0 Å². The summed E-state index contributed by atoms with van der Waals surface area (Å²) >= 11 is 5.92. The molecule has 108 valence electrons. The average Bonchev–Trinajstić information content (AvgIpc) is 2.86. The molecule has 3 aromatic rings. The summed E-state index contributed by atoms with van der Waals surface area (Å²) in [5.74, 6) is 0. The van der Waals surface area contributed by atoms with Gasteiger partial charge in [-0.2, -0.15) is 0 Å². The summed E-state index contributed by atoms with van der Waals surface area (Å²) in [7, 11) is -3.69. The van der Waals surface area contributed by atoms with Crippen LogP contribution in [-0.2, 0) is 16.4 Å². The van der Waals surface area contributed by atoms with E-state index in [4.69, 9.17) is 11.6 Å². The molecule has 0 aliphatic carbocycles. The molecular formula is C15H13ClN2O2S. The highest BCUT2D eigenvalue weighted by Gasteiger charge is 2.23. The molecule has 0 unspecified atom stereocenters. The predicted molar refractivity (Wildman–Crippen MR) is 83.1 cm³/mol. The molecule has 6 heteroatoms. The van der Waals surface area contributed by atoms with Crippen LogP contribution in [-0.4, -0.2) is 17.4 Å². The fourth-order valence-corrected chi connectivity index (χ4v) is 4.02. The Hall–Kier alpha value is -1.85. The summed E-state index contributed by atoms with van der Waals surface area (Å²) in [6.45, 7) is 1.91. The third kappa shape index (κ3) is 2.32. The van der Waals surface area contributed by atoms with E-state index in [9.17, 15) is 8.42 Å². The third-order valence-electron chi connectivity index (χ3n) is 3.29. The summed E-state index contributed by atoms with van der Waals surface area (Å²) in [5, 5.41) is 1.03. The number of halogens is 1. The minimum atomic E-state index is -3.69. The number of pyridine rings is 1. The Morgan fingerprint density at radius 3 is 2.52 bits per heavy atom. The van der Waals surface area contributed by atoms with Crippen LogP contribution in [0.3, 0.4) is 0 Å². The van der Waals surface area contributed by atoms with Gasteiger partial charge in [0.25, 0.3) is 10.0 Å². The van der Waals surface area contributed by atoms with Crippen molar-refractivity contribution in [1.82, 2.24) is 8.96 Å². The highest BCUT2D eigenvalue weighted by molar-refractivity contribution is 7.90. The number of aromatic nitrogens is 2. The van der Waals surface area contributed by atoms with Crippen molar-refractivity contribution >= 4 is 32.7 Å². The number of hydrogen-bond acceptors (Lipinski definition) is 3. The van der Waals surface area contributed by atoms with Crippen LogP contribution < -0.4 is 0 Å². The number of aryl methyl sites for hydroxylation is 1. The zero-order valence-electron chi connectivity index (χ0n) is 11.3. The molecule has 0 radical (unpaired) electrons. The lowest BCUT2D eigenvalue weighted by Crippen LogP contribution is -2.15. The monoisotopic (exact) mass is 320 g/mol. The fraction of sp³-hybridized carbons (Fsp3) is 0.133. The summed E-state index contributed by atoms with van der Waals surface area (Å²) in [5.41, 5.74) is 1.05. The highest BCUT2D eigenvalue weighted by atomic mass is 35.5. The molecule has 0 N–H and O–H groups in total. The van der Waals surface area contributed by atoms with Gasteiger partial charge in [-0.05, 0) is 36.8 Å². The Labute approximate surface area is 128 Å². The maximum Gasteiger partial charge on any atom is 0.269 e. The molecule has 3 rings (SSSR count). The Balaban J connectivity index is 2.36. The summed E-state index contributed by atoms with van der Waals surface area (Å²) < 4.78 is 27.0. The summed E-state index contributed by atoms with van der Waals surface area (Å²) in [6, 6.07) is 13.6. The van der Waals surface area contributed by atoms with E-state index in [1.807, 2.05) is 13.0 Å². The third-order valence-corrected chi connectivity index (χ3v) is 5.26. The van der Waals surface area contributed by atoms with Crippen molar-refractivity contribution in [1.29, 1.82) is 0 Å². The van der Waals surface area contributed by atoms with Gasteiger partial charge < -0.3 is 0 Å². The van der Waals surface area contributed by atoms with Gasteiger partial charge in [-0.15, -0.1) is 0 Å². The minimum absolute atomic E-state index is 0.235. The van der Waals surface area contributed by atoms with Crippen LogP contribution in [0.15, 0.2) is 53.4 Å². The van der Waals surface area contributed by atoms with Crippen molar-refractivity contribution in [2.24, 2.45) is 0 Å². The van der Waals surface area contributed by atoms with E-state index in [0.717, 1.165) is 5.39 Å². The fourth-order valence-electron chi connectivity index (χ4n) is 2.30. The second kappa shape index (κ2) is 5.16. The van der Waals surface area contributed by atoms with E-state index in [1.54, 1.807) is 42.5 Å². The SMILES string of the molecule is CCc1cc2ccc(Cl)nc2n1S(=O)(=O)c1ccccc1. The smallest absolute Gasteiger partial charge is 0.221 e. The van der Waals surface area contributed by atoms with Crippen molar-refractivity contribution < 1.29 is 8.42 Å². The molecule has 21 heavy (non-hydrogen) atoms. The molecule has 1 aromatic carbocycles. The van der Waals surface area contributed by atoms with E-state index in [-0.39, 0.29) is 10.0 Å². The molecule has 0 aliphatic rings. The number of benzene rings is 1. The van der Waals surface area contributed by atoms with Crippen LogP contribution in [0, 0.1) is 0 Å². The Morgan fingerprint density at radius 1 is 1.14 bits per heavy atom. The molecule has 4 nitrogen and oxygen atoms in total. The molecule has 0 saturated carbocycles. The first-order chi connectivity index (χ1) is 10.0. The molecule has 0 bridgehead atoms. The predicted octanol–water partition coefficient (Wildman–Crippen LogP) is 3.49. The largest absolute Gasteiger partial charge is 0.269 e. The first-order valence-electron chi connectivity index (χ1n) is 6.51. The van der Waals surface area contributed by atoms with Gasteiger partial charge in [-0.25, -0.2) is 17.4 Å². The maximum atomic E-state index is 12.9. The maximum absolute atomic E-state index is 12.9. The van der Waals surface area contributed by atoms with Crippen molar-refractivity contribution in [3.8, 4) is 0 Å². The summed E-state index contributed by atoms with van der Waals surface area (Å²) in [6.07, 6.45) is 0.583. The molecule has 0 aliphatic heterocycles. The van der Waals surface area contributed by atoms with Crippen LogP contribution >= 0.6 is 11.6 Å². The molecule has 0 saturated heterocycles. The van der Waals surface area contributed by atoms with Crippen LogP contribution in [0.25, 0.3) is 11.0 Å². The second-order valence-electron chi connectivity index (χ2n) is 4.62. The first-order valence-corrected chi connectivity index (χ1v) is 8.33. The van der Waals surface area contributed by atoms with Crippen LogP contribution in [0.1, 0.15) is 12.6 Å². The lowest BCUT2D eigenvalue weighted by atomic mass is 10.3.